The average Bonchev–Trinajstić information content (AvgIpc) is 2.53. The Hall–Kier alpha value is -1.81. The van der Waals surface area contributed by atoms with Crippen LogP contribution in [0, 0.1) is 5.92 Å². The first-order valence-corrected chi connectivity index (χ1v) is 7.36. The van der Waals surface area contributed by atoms with Gasteiger partial charge in [0.2, 0.25) is 0 Å². The zero-order chi connectivity index (χ0) is 15.1. The lowest BCUT2D eigenvalue weighted by Gasteiger charge is -2.16. The fourth-order valence-corrected chi connectivity index (χ4v) is 2.24. The zero-order valence-electron chi connectivity index (χ0n) is 11.7. The topological polar surface area (TPSA) is 55.4 Å². The number of hydrogen-bond acceptors (Lipinski definition) is 3. The summed E-state index contributed by atoms with van der Waals surface area (Å²) in [6, 6.07) is 7.20. The van der Waals surface area contributed by atoms with Gasteiger partial charge in [0.15, 0.2) is 6.61 Å². The molecule has 1 aliphatic carbocycles. The lowest BCUT2D eigenvalue weighted by molar-refractivity contribution is -0.152. The summed E-state index contributed by atoms with van der Waals surface area (Å²) in [7, 11) is 0. The minimum Gasteiger partial charge on any atom is -0.455 e. The van der Waals surface area contributed by atoms with Crippen molar-refractivity contribution in [1.29, 1.82) is 0 Å². The Bertz CT molecular complexity index is 525. The lowest BCUT2D eigenvalue weighted by atomic mass is 9.95. The van der Waals surface area contributed by atoms with Crippen LogP contribution in [0.15, 0.2) is 36.4 Å². The van der Waals surface area contributed by atoms with Crippen LogP contribution in [0.4, 0.5) is 0 Å². The summed E-state index contributed by atoms with van der Waals surface area (Å²) in [5.41, 5.74) is 0.941. The monoisotopic (exact) mass is 307 g/mol. The summed E-state index contributed by atoms with van der Waals surface area (Å²) >= 11 is 5.78. The Morgan fingerprint density at radius 1 is 1.24 bits per heavy atom. The second-order valence-electron chi connectivity index (χ2n) is 4.99. The van der Waals surface area contributed by atoms with E-state index in [1.54, 1.807) is 12.1 Å². The molecule has 0 saturated carbocycles. The number of allylic oxidation sites excluding steroid dienone is 2. The summed E-state index contributed by atoms with van der Waals surface area (Å²) < 4.78 is 5.04. The van der Waals surface area contributed by atoms with Gasteiger partial charge in [-0.2, -0.15) is 0 Å². The van der Waals surface area contributed by atoms with Gasteiger partial charge in [-0.25, -0.2) is 0 Å². The molecule has 0 aromatic heterocycles. The van der Waals surface area contributed by atoms with Gasteiger partial charge in [-0.05, 0) is 37.0 Å². The van der Waals surface area contributed by atoms with E-state index in [0.29, 0.717) is 18.0 Å². The first-order chi connectivity index (χ1) is 10.1. The normalized spacial score (nSPS) is 17.3. The minimum atomic E-state index is -0.301. The van der Waals surface area contributed by atoms with Crippen LogP contribution in [-0.4, -0.2) is 18.5 Å². The van der Waals surface area contributed by atoms with Crippen molar-refractivity contribution in [2.75, 3.05) is 6.61 Å². The predicted octanol–water partition coefficient (Wildman–Crippen LogP) is 2.86. The molecule has 112 valence electrons. The van der Waals surface area contributed by atoms with E-state index in [4.69, 9.17) is 16.3 Å². The smallest absolute Gasteiger partial charge is 0.309 e. The third-order valence-corrected chi connectivity index (χ3v) is 3.60. The highest BCUT2D eigenvalue weighted by atomic mass is 35.5. The molecule has 21 heavy (non-hydrogen) atoms. The van der Waals surface area contributed by atoms with Gasteiger partial charge in [0.1, 0.15) is 0 Å². The molecule has 1 aromatic rings. The molecule has 0 fully saturated rings. The molecule has 5 heteroatoms. The molecule has 1 atom stereocenters. The van der Waals surface area contributed by atoms with Crippen molar-refractivity contribution in [1.82, 2.24) is 5.32 Å². The molecule has 0 radical (unpaired) electrons. The second-order valence-corrected chi connectivity index (χ2v) is 5.43. The molecule has 0 heterocycles. The third-order valence-electron chi connectivity index (χ3n) is 3.35. The molecular formula is C16H18ClNO3. The van der Waals surface area contributed by atoms with E-state index in [2.05, 4.69) is 11.4 Å². The highest BCUT2D eigenvalue weighted by Crippen LogP contribution is 2.19. The Labute approximate surface area is 129 Å². The first kappa shape index (κ1) is 15.6. The van der Waals surface area contributed by atoms with Gasteiger partial charge in [-0.1, -0.05) is 35.9 Å². The Kier molecular flexibility index (Phi) is 5.81. The van der Waals surface area contributed by atoms with Gasteiger partial charge in [0.05, 0.1) is 5.92 Å². The molecule has 1 amide bonds. The van der Waals surface area contributed by atoms with Crippen LogP contribution in [-0.2, 0) is 20.9 Å². The van der Waals surface area contributed by atoms with Crippen LogP contribution in [0.5, 0.6) is 0 Å². The summed E-state index contributed by atoms with van der Waals surface area (Å²) in [4.78, 5) is 23.4. The number of nitrogens with one attached hydrogen (secondary N) is 1. The van der Waals surface area contributed by atoms with E-state index in [1.165, 1.54) is 0 Å². The van der Waals surface area contributed by atoms with Crippen molar-refractivity contribution in [3.8, 4) is 0 Å². The number of amides is 1. The number of benzene rings is 1. The molecule has 4 nitrogen and oxygen atoms in total. The molecule has 0 bridgehead atoms. The predicted molar refractivity (Wildman–Crippen MR) is 80.7 cm³/mol. The molecule has 1 N–H and O–H groups in total. The van der Waals surface area contributed by atoms with Gasteiger partial charge >= 0.3 is 5.97 Å². The number of carbonyl (C=O) groups is 2. The summed E-state index contributed by atoms with van der Waals surface area (Å²) in [5, 5.41) is 3.36. The van der Waals surface area contributed by atoms with Gasteiger partial charge < -0.3 is 10.1 Å². The third kappa shape index (κ3) is 5.23. The maximum absolute atomic E-state index is 11.8. The Morgan fingerprint density at radius 2 is 2.00 bits per heavy atom. The van der Waals surface area contributed by atoms with Crippen molar-refractivity contribution in [3.05, 3.63) is 47.0 Å². The molecule has 1 aliphatic rings. The first-order valence-electron chi connectivity index (χ1n) is 6.98. The van der Waals surface area contributed by atoms with Gasteiger partial charge in [-0.15, -0.1) is 0 Å². The quantitative estimate of drug-likeness (QED) is 0.672. The van der Waals surface area contributed by atoms with Crippen LogP contribution >= 0.6 is 11.6 Å². The van der Waals surface area contributed by atoms with Gasteiger partial charge in [-0.3, -0.25) is 9.59 Å². The van der Waals surface area contributed by atoms with E-state index in [9.17, 15) is 9.59 Å². The number of esters is 1. The van der Waals surface area contributed by atoms with E-state index in [-0.39, 0.29) is 24.4 Å². The van der Waals surface area contributed by atoms with Crippen molar-refractivity contribution in [3.63, 3.8) is 0 Å². The molecule has 0 spiro atoms. The van der Waals surface area contributed by atoms with Crippen LogP contribution in [0.25, 0.3) is 0 Å². The molecule has 0 aliphatic heterocycles. The average molecular weight is 308 g/mol. The molecule has 0 saturated heterocycles. The highest BCUT2D eigenvalue weighted by Gasteiger charge is 2.20. The summed E-state index contributed by atoms with van der Waals surface area (Å²) in [6.45, 7) is 0.159. The summed E-state index contributed by atoms with van der Waals surface area (Å²) in [6.07, 6.45) is 6.42. The standard InChI is InChI=1S/C16H18ClNO3/c17-14-8-6-12(7-9-14)10-18-15(19)11-21-16(20)13-4-2-1-3-5-13/h1-2,6-9,13H,3-5,10-11H2,(H,18,19)/t13-/m0/s1. The van der Waals surface area contributed by atoms with Crippen LogP contribution < -0.4 is 5.32 Å². The SMILES string of the molecule is O=C(COC(=O)[C@H]1CC=CCC1)NCc1ccc(Cl)cc1. The number of hydrogen-bond donors (Lipinski definition) is 1. The van der Waals surface area contributed by atoms with Gasteiger partial charge in [0.25, 0.3) is 5.91 Å². The van der Waals surface area contributed by atoms with E-state index < -0.39 is 0 Å². The van der Waals surface area contributed by atoms with Crippen molar-refractivity contribution >= 4 is 23.5 Å². The van der Waals surface area contributed by atoms with E-state index >= 15 is 0 Å². The van der Waals surface area contributed by atoms with Crippen LogP contribution in [0.2, 0.25) is 5.02 Å². The van der Waals surface area contributed by atoms with E-state index in [1.807, 2.05) is 18.2 Å². The molecule has 2 rings (SSSR count). The molecule has 1 aromatic carbocycles. The highest BCUT2D eigenvalue weighted by molar-refractivity contribution is 6.30. The number of ether oxygens (including phenoxy) is 1. The number of rotatable bonds is 5. The van der Waals surface area contributed by atoms with Crippen LogP contribution in [0.1, 0.15) is 24.8 Å². The second kappa shape index (κ2) is 7.84. The molecule has 0 unspecified atom stereocenters. The maximum Gasteiger partial charge on any atom is 0.309 e. The van der Waals surface area contributed by atoms with Gasteiger partial charge in [0, 0.05) is 11.6 Å². The molecular weight excluding hydrogens is 290 g/mol. The largest absolute Gasteiger partial charge is 0.455 e. The fraction of sp³-hybridized carbons (Fsp3) is 0.375. The Morgan fingerprint density at radius 3 is 2.67 bits per heavy atom. The van der Waals surface area contributed by atoms with Crippen molar-refractivity contribution < 1.29 is 14.3 Å². The Balaban J connectivity index is 1.68. The van der Waals surface area contributed by atoms with Crippen LogP contribution in [0.3, 0.4) is 0 Å². The lowest BCUT2D eigenvalue weighted by Crippen LogP contribution is -2.30. The van der Waals surface area contributed by atoms with Crippen molar-refractivity contribution in [2.24, 2.45) is 5.92 Å². The number of halogens is 1. The minimum absolute atomic E-state index is 0.112. The number of carbonyl (C=O) groups excluding carboxylic acids is 2. The summed E-state index contributed by atoms with van der Waals surface area (Å²) in [5.74, 6) is -0.704. The van der Waals surface area contributed by atoms with Crippen molar-refractivity contribution in [2.45, 2.75) is 25.8 Å². The fourth-order valence-electron chi connectivity index (χ4n) is 2.12. The van der Waals surface area contributed by atoms with E-state index in [0.717, 1.165) is 18.4 Å². The maximum atomic E-state index is 11.8. The zero-order valence-corrected chi connectivity index (χ0v) is 12.4.